The summed E-state index contributed by atoms with van der Waals surface area (Å²) in [5.41, 5.74) is 0.536. The number of amides is 1. The molecule has 7 heteroatoms. The Kier molecular flexibility index (Phi) is 9.80. The van der Waals surface area contributed by atoms with E-state index in [0.29, 0.717) is 13.0 Å². The van der Waals surface area contributed by atoms with E-state index < -0.39 is 15.7 Å². The predicted molar refractivity (Wildman–Crippen MR) is 106 cm³/mol. The number of benzene rings is 1. The van der Waals surface area contributed by atoms with Gasteiger partial charge in [0.2, 0.25) is 0 Å². The number of rotatable bonds is 11. The van der Waals surface area contributed by atoms with Crippen LogP contribution in [-0.4, -0.2) is 33.3 Å². The molecule has 0 aromatic heterocycles. The lowest BCUT2D eigenvalue weighted by Crippen LogP contribution is -2.32. The Balaban J connectivity index is 2.03. The molecule has 0 saturated carbocycles. The molecule has 0 aliphatic carbocycles. The summed E-state index contributed by atoms with van der Waals surface area (Å²) < 4.78 is 34.3. The van der Waals surface area contributed by atoms with Gasteiger partial charge in [-0.1, -0.05) is 43.4 Å². The minimum absolute atomic E-state index is 0.200. The van der Waals surface area contributed by atoms with Crippen LogP contribution < -0.4 is 5.32 Å². The highest BCUT2D eigenvalue weighted by Crippen LogP contribution is 2.14. The average molecular weight is 400 g/mol. The second-order valence-corrected chi connectivity index (χ2v) is 9.25. The number of carbonyl (C=O) groups excluding carboxylic acids is 1. The largest absolute Gasteiger partial charge is 0.444 e. The maximum absolute atomic E-state index is 12.0. The lowest BCUT2D eigenvalue weighted by atomic mass is 10.1. The molecule has 6 nitrogen and oxygen atoms in total. The maximum atomic E-state index is 12.0. The van der Waals surface area contributed by atoms with Crippen LogP contribution in [0.3, 0.4) is 0 Å². The fourth-order valence-electron chi connectivity index (χ4n) is 2.38. The molecule has 154 valence electrons. The zero-order chi connectivity index (χ0) is 20.3. The monoisotopic (exact) mass is 399 g/mol. The van der Waals surface area contributed by atoms with Gasteiger partial charge >= 0.3 is 6.09 Å². The van der Waals surface area contributed by atoms with Crippen molar-refractivity contribution >= 4 is 16.2 Å². The summed E-state index contributed by atoms with van der Waals surface area (Å²) in [5, 5.41) is 2.74. The molecule has 27 heavy (non-hydrogen) atoms. The van der Waals surface area contributed by atoms with Gasteiger partial charge in [0.25, 0.3) is 10.1 Å². The molecule has 0 aliphatic heterocycles. The summed E-state index contributed by atoms with van der Waals surface area (Å²) in [4.78, 5) is 11.7. The molecule has 0 atom stereocenters. The first-order valence-electron chi connectivity index (χ1n) is 9.53. The SMILES string of the molecule is Cc1ccc(S(=O)(=O)OCCCCCCCCNC(=O)OC(C)(C)C)cc1. The zero-order valence-electron chi connectivity index (χ0n) is 16.9. The summed E-state index contributed by atoms with van der Waals surface area (Å²) >= 11 is 0. The number of aryl methyl sites for hydroxylation is 1. The Bertz CT molecular complexity index is 663. The molecule has 0 radical (unpaired) electrons. The average Bonchev–Trinajstić information content (AvgIpc) is 2.55. The van der Waals surface area contributed by atoms with Crippen molar-refractivity contribution in [1.82, 2.24) is 5.32 Å². The molecular weight excluding hydrogens is 366 g/mol. The van der Waals surface area contributed by atoms with Gasteiger partial charge in [-0.25, -0.2) is 4.79 Å². The lowest BCUT2D eigenvalue weighted by Gasteiger charge is -2.19. The topological polar surface area (TPSA) is 81.7 Å². The van der Waals surface area contributed by atoms with Crippen molar-refractivity contribution in [1.29, 1.82) is 0 Å². The van der Waals surface area contributed by atoms with Crippen molar-refractivity contribution in [2.75, 3.05) is 13.2 Å². The van der Waals surface area contributed by atoms with Crippen molar-refractivity contribution in [3.8, 4) is 0 Å². The number of hydrogen-bond acceptors (Lipinski definition) is 5. The summed E-state index contributed by atoms with van der Waals surface area (Å²) in [6, 6.07) is 6.65. The van der Waals surface area contributed by atoms with Gasteiger partial charge in [-0.2, -0.15) is 8.42 Å². The zero-order valence-corrected chi connectivity index (χ0v) is 17.7. The normalized spacial score (nSPS) is 12.0. The highest BCUT2D eigenvalue weighted by Gasteiger charge is 2.15. The molecule has 1 N–H and O–H groups in total. The maximum Gasteiger partial charge on any atom is 0.407 e. The molecule has 0 saturated heterocycles. The van der Waals surface area contributed by atoms with Crippen LogP contribution in [0.25, 0.3) is 0 Å². The van der Waals surface area contributed by atoms with Crippen molar-refractivity contribution in [3.05, 3.63) is 29.8 Å². The Morgan fingerprint density at radius 3 is 2.11 bits per heavy atom. The van der Waals surface area contributed by atoms with Crippen LogP contribution in [0.5, 0.6) is 0 Å². The van der Waals surface area contributed by atoms with Gasteiger partial charge in [0.05, 0.1) is 11.5 Å². The molecule has 1 amide bonds. The molecule has 0 spiro atoms. The van der Waals surface area contributed by atoms with E-state index in [1.807, 2.05) is 27.7 Å². The van der Waals surface area contributed by atoms with Crippen LogP contribution in [-0.2, 0) is 19.0 Å². The van der Waals surface area contributed by atoms with Crippen molar-refractivity contribution in [2.24, 2.45) is 0 Å². The number of hydrogen-bond donors (Lipinski definition) is 1. The predicted octanol–water partition coefficient (Wildman–Crippen LogP) is 4.57. The van der Waals surface area contributed by atoms with Gasteiger partial charge in [0.1, 0.15) is 5.60 Å². The molecular formula is C20H33NO5S. The molecule has 0 heterocycles. The van der Waals surface area contributed by atoms with Crippen LogP contribution in [0.1, 0.15) is 64.9 Å². The molecule has 0 aliphatic rings. The molecule has 0 unspecified atom stereocenters. The minimum atomic E-state index is -3.66. The van der Waals surface area contributed by atoms with Gasteiger partial charge in [-0.15, -0.1) is 0 Å². The van der Waals surface area contributed by atoms with Gasteiger partial charge in [-0.3, -0.25) is 4.18 Å². The number of unbranched alkanes of at least 4 members (excludes halogenated alkanes) is 5. The summed E-state index contributed by atoms with van der Waals surface area (Å²) in [6.07, 6.45) is 5.22. The molecule has 1 rings (SSSR count). The highest BCUT2D eigenvalue weighted by atomic mass is 32.2. The molecule has 1 aromatic rings. The number of nitrogens with one attached hydrogen (secondary N) is 1. The van der Waals surface area contributed by atoms with Crippen LogP contribution in [0.15, 0.2) is 29.2 Å². The van der Waals surface area contributed by atoms with Crippen LogP contribution in [0, 0.1) is 6.92 Å². The standard InChI is InChI=1S/C20H33NO5S/c1-17-11-13-18(14-12-17)27(23,24)25-16-10-8-6-5-7-9-15-21-19(22)26-20(2,3)4/h11-14H,5-10,15-16H2,1-4H3,(H,21,22). The quantitative estimate of drug-likeness (QED) is 0.435. The fourth-order valence-corrected chi connectivity index (χ4v) is 3.32. The van der Waals surface area contributed by atoms with Crippen LogP contribution >= 0.6 is 0 Å². The van der Waals surface area contributed by atoms with E-state index in [9.17, 15) is 13.2 Å². The Morgan fingerprint density at radius 1 is 0.963 bits per heavy atom. The summed E-state index contributed by atoms with van der Waals surface area (Å²) in [5.74, 6) is 0. The third-order valence-electron chi connectivity index (χ3n) is 3.79. The number of alkyl carbamates (subject to hydrolysis) is 1. The van der Waals surface area contributed by atoms with E-state index in [1.54, 1.807) is 24.3 Å². The van der Waals surface area contributed by atoms with Crippen molar-refractivity contribution < 1.29 is 22.1 Å². The van der Waals surface area contributed by atoms with Gasteiger partial charge in [-0.05, 0) is 52.7 Å². The number of carbonyl (C=O) groups is 1. The van der Waals surface area contributed by atoms with E-state index >= 15 is 0 Å². The Hall–Kier alpha value is -1.60. The summed E-state index contributed by atoms with van der Waals surface area (Å²) in [7, 11) is -3.66. The van der Waals surface area contributed by atoms with Crippen LogP contribution in [0.2, 0.25) is 0 Å². The highest BCUT2D eigenvalue weighted by molar-refractivity contribution is 7.86. The van der Waals surface area contributed by atoms with E-state index in [4.69, 9.17) is 8.92 Å². The molecule has 0 bridgehead atoms. The lowest BCUT2D eigenvalue weighted by molar-refractivity contribution is 0.0527. The van der Waals surface area contributed by atoms with Crippen molar-refractivity contribution in [2.45, 2.75) is 76.7 Å². The second-order valence-electron chi connectivity index (χ2n) is 7.64. The first-order chi connectivity index (χ1) is 12.6. The van der Waals surface area contributed by atoms with Crippen LogP contribution in [0.4, 0.5) is 4.79 Å². The first kappa shape index (κ1) is 23.4. The number of ether oxygens (including phenoxy) is 1. The molecule has 0 fully saturated rings. The van der Waals surface area contributed by atoms with Crippen molar-refractivity contribution in [3.63, 3.8) is 0 Å². The fraction of sp³-hybridized carbons (Fsp3) is 0.650. The summed E-state index contributed by atoms with van der Waals surface area (Å²) in [6.45, 7) is 8.22. The van der Waals surface area contributed by atoms with Gasteiger partial charge in [0.15, 0.2) is 0 Å². The van der Waals surface area contributed by atoms with Gasteiger partial charge < -0.3 is 10.1 Å². The molecule has 1 aromatic carbocycles. The van der Waals surface area contributed by atoms with E-state index in [-0.39, 0.29) is 17.6 Å². The Labute approximate surface area is 163 Å². The Morgan fingerprint density at radius 2 is 1.52 bits per heavy atom. The minimum Gasteiger partial charge on any atom is -0.444 e. The first-order valence-corrected chi connectivity index (χ1v) is 10.9. The van der Waals surface area contributed by atoms with Gasteiger partial charge in [0, 0.05) is 6.54 Å². The van der Waals surface area contributed by atoms with E-state index in [0.717, 1.165) is 37.7 Å². The smallest absolute Gasteiger partial charge is 0.407 e. The second kappa shape index (κ2) is 11.3. The third kappa shape index (κ3) is 11.0. The van der Waals surface area contributed by atoms with E-state index in [2.05, 4.69) is 5.32 Å². The van der Waals surface area contributed by atoms with E-state index in [1.165, 1.54) is 0 Å². The third-order valence-corrected chi connectivity index (χ3v) is 5.11.